The minimum absolute atomic E-state index is 0.182. The van der Waals surface area contributed by atoms with Crippen molar-refractivity contribution in [3.63, 3.8) is 0 Å². The van der Waals surface area contributed by atoms with Gasteiger partial charge < -0.3 is 15.4 Å². The van der Waals surface area contributed by atoms with Gasteiger partial charge in [0.1, 0.15) is 5.82 Å². The average Bonchev–Trinajstić information content (AvgIpc) is 3.09. The Hall–Kier alpha value is -1.66. The zero-order chi connectivity index (χ0) is 17.5. The molecule has 5 nitrogen and oxygen atoms in total. The molecule has 3 rings (SSSR count). The van der Waals surface area contributed by atoms with Crippen molar-refractivity contribution < 1.29 is 9.13 Å². The molecule has 0 spiro atoms. The van der Waals surface area contributed by atoms with Crippen LogP contribution in [0.25, 0.3) is 0 Å². The van der Waals surface area contributed by atoms with E-state index in [4.69, 9.17) is 4.74 Å². The maximum Gasteiger partial charge on any atom is 0.191 e. The SMILES string of the molecule is CCNC(=NCC1CN2CCCC2CO1)NCCc1ccc(F)cc1. The van der Waals surface area contributed by atoms with E-state index in [-0.39, 0.29) is 11.9 Å². The second kappa shape index (κ2) is 9.15. The zero-order valence-electron chi connectivity index (χ0n) is 15.0. The van der Waals surface area contributed by atoms with Gasteiger partial charge in [0.25, 0.3) is 0 Å². The van der Waals surface area contributed by atoms with E-state index in [0.717, 1.165) is 44.2 Å². The highest BCUT2D eigenvalue weighted by Crippen LogP contribution is 2.22. The summed E-state index contributed by atoms with van der Waals surface area (Å²) in [5.74, 6) is 0.621. The molecule has 2 saturated heterocycles. The first-order valence-corrected chi connectivity index (χ1v) is 9.37. The molecule has 2 atom stereocenters. The topological polar surface area (TPSA) is 48.9 Å². The van der Waals surface area contributed by atoms with Crippen molar-refractivity contribution in [3.05, 3.63) is 35.6 Å². The number of nitrogens with one attached hydrogen (secondary N) is 2. The van der Waals surface area contributed by atoms with Crippen molar-refractivity contribution in [3.8, 4) is 0 Å². The molecule has 0 bridgehead atoms. The van der Waals surface area contributed by atoms with E-state index in [0.29, 0.717) is 12.6 Å². The second-order valence-electron chi connectivity index (χ2n) is 6.77. The Morgan fingerprint density at radius 3 is 2.96 bits per heavy atom. The van der Waals surface area contributed by atoms with Gasteiger partial charge in [0.15, 0.2) is 5.96 Å². The van der Waals surface area contributed by atoms with Crippen LogP contribution in [-0.4, -0.2) is 62.3 Å². The normalized spacial score (nSPS) is 24.2. The second-order valence-corrected chi connectivity index (χ2v) is 6.77. The lowest BCUT2D eigenvalue weighted by Gasteiger charge is -2.34. The van der Waals surface area contributed by atoms with Crippen LogP contribution in [0.3, 0.4) is 0 Å². The maximum absolute atomic E-state index is 12.9. The van der Waals surface area contributed by atoms with Crippen molar-refractivity contribution in [1.29, 1.82) is 0 Å². The monoisotopic (exact) mass is 348 g/mol. The van der Waals surface area contributed by atoms with Crippen LogP contribution in [0.15, 0.2) is 29.3 Å². The third-order valence-corrected chi connectivity index (χ3v) is 4.88. The van der Waals surface area contributed by atoms with Gasteiger partial charge in [-0.2, -0.15) is 0 Å². The quantitative estimate of drug-likeness (QED) is 0.608. The van der Waals surface area contributed by atoms with E-state index in [1.165, 1.54) is 31.5 Å². The molecule has 0 aromatic heterocycles. The fraction of sp³-hybridized carbons (Fsp3) is 0.632. The first kappa shape index (κ1) is 18.1. The average molecular weight is 348 g/mol. The number of rotatable bonds is 6. The highest BCUT2D eigenvalue weighted by atomic mass is 19.1. The van der Waals surface area contributed by atoms with E-state index in [2.05, 4.69) is 27.4 Å². The van der Waals surface area contributed by atoms with Crippen molar-refractivity contribution in [1.82, 2.24) is 15.5 Å². The summed E-state index contributed by atoms with van der Waals surface area (Å²) in [7, 11) is 0. The van der Waals surface area contributed by atoms with E-state index >= 15 is 0 Å². The Morgan fingerprint density at radius 2 is 2.16 bits per heavy atom. The van der Waals surface area contributed by atoms with Crippen LogP contribution in [0, 0.1) is 5.82 Å². The highest BCUT2D eigenvalue weighted by molar-refractivity contribution is 5.79. The lowest BCUT2D eigenvalue weighted by atomic mass is 10.1. The van der Waals surface area contributed by atoms with Crippen LogP contribution < -0.4 is 10.6 Å². The molecule has 2 heterocycles. The maximum atomic E-state index is 12.9. The lowest BCUT2D eigenvalue weighted by Crippen LogP contribution is -2.47. The van der Waals surface area contributed by atoms with Gasteiger partial charge in [0.2, 0.25) is 0 Å². The van der Waals surface area contributed by atoms with E-state index in [1.807, 2.05) is 12.1 Å². The standard InChI is InChI=1S/C19H29FN4O/c1-2-21-19(22-10-9-15-5-7-16(20)8-6-15)23-12-18-13-24-11-3-4-17(24)14-25-18/h5-8,17-18H,2-4,9-14H2,1H3,(H2,21,22,23). The molecule has 2 N–H and O–H groups in total. The molecular formula is C19H29FN4O. The molecule has 1 aromatic carbocycles. The molecule has 25 heavy (non-hydrogen) atoms. The molecule has 2 fully saturated rings. The summed E-state index contributed by atoms with van der Waals surface area (Å²) < 4.78 is 18.9. The van der Waals surface area contributed by atoms with E-state index in [9.17, 15) is 4.39 Å². The fourth-order valence-electron chi connectivity index (χ4n) is 3.51. The minimum Gasteiger partial charge on any atom is -0.373 e. The van der Waals surface area contributed by atoms with Crippen LogP contribution >= 0.6 is 0 Å². The summed E-state index contributed by atoms with van der Waals surface area (Å²) in [5.41, 5.74) is 1.11. The summed E-state index contributed by atoms with van der Waals surface area (Å²) >= 11 is 0. The molecular weight excluding hydrogens is 319 g/mol. The molecule has 138 valence electrons. The molecule has 0 aliphatic carbocycles. The van der Waals surface area contributed by atoms with Gasteiger partial charge in [-0.15, -0.1) is 0 Å². The number of nitrogens with zero attached hydrogens (tertiary/aromatic N) is 2. The predicted octanol–water partition coefficient (Wildman–Crippen LogP) is 1.79. The Morgan fingerprint density at radius 1 is 1.32 bits per heavy atom. The molecule has 0 amide bonds. The minimum atomic E-state index is -0.195. The van der Waals surface area contributed by atoms with Crippen LogP contribution in [0.4, 0.5) is 4.39 Å². The molecule has 0 radical (unpaired) electrons. The number of fused-ring (bicyclic) bond motifs is 1. The first-order valence-electron chi connectivity index (χ1n) is 9.37. The summed E-state index contributed by atoms with van der Waals surface area (Å²) in [4.78, 5) is 7.22. The Kier molecular flexibility index (Phi) is 6.64. The molecule has 2 aliphatic rings. The number of morpholine rings is 1. The Balaban J connectivity index is 1.44. The zero-order valence-corrected chi connectivity index (χ0v) is 15.0. The van der Waals surface area contributed by atoms with Gasteiger partial charge in [-0.25, -0.2) is 4.39 Å². The smallest absolute Gasteiger partial charge is 0.191 e. The van der Waals surface area contributed by atoms with Crippen molar-refractivity contribution in [2.75, 3.05) is 39.3 Å². The lowest BCUT2D eigenvalue weighted by molar-refractivity contribution is -0.0432. The number of benzene rings is 1. The molecule has 2 unspecified atom stereocenters. The summed E-state index contributed by atoms with van der Waals surface area (Å²) in [5, 5.41) is 6.62. The van der Waals surface area contributed by atoms with Gasteiger partial charge in [-0.3, -0.25) is 9.89 Å². The number of hydrogen-bond donors (Lipinski definition) is 2. The van der Waals surface area contributed by atoms with Gasteiger partial charge in [0.05, 0.1) is 19.3 Å². The Bertz CT molecular complexity index is 563. The number of halogens is 1. The van der Waals surface area contributed by atoms with Crippen LogP contribution in [-0.2, 0) is 11.2 Å². The molecule has 2 aliphatic heterocycles. The summed E-state index contributed by atoms with van der Waals surface area (Å²) in [6, 6.07) is 7.27. The van der Waals surface area contributed by atoms with E-state index < -0.39 is 0 Å². The number of guanidine groups is 1. The van der Waals surface area contributed by atoms with Gasteiger partial charge in [-0.05, 0) is 50.4 Å². The largest absolute Gasteiger partial charge is 0.373 e. The first-order chi connectivity index (χ1) is 12.2. The van der Waals surface area contributed by atoms with Crippen molar-refractivity contribution >= 4 is 5.96 Å². The van der Waals surface area contributed by atoms with Crippen molar-refractivity contribution in [2.24, 2.45) is 4.99 Å². The van der Waals surface area contributed by atoms with Gasteiger partial charge >= 0.3 is 0 Å². The summed E-state index contributed by atoms with van der Waals surface area (Å²) in [6.07, 6.45) is 3.57. The van der Waals surface area contributed by atoms with E-state index in [1.54, 1.807) is 0 Å². The van der Waals surface area contributed by atoms with Crippen LogP contribution in [0.5, 0.6) is 0 Å². The van der Waals surface area contributed by atoms with Gasteiger partial charge in [0, 0.05) is 25.7 Å². The molecule has 6 heteroatoms. The number of aliphatic imine (C=N–C) groups is 1. The van der Waals surface area contributed by atoms with Gasteiger partial charge in [-0.1, -0.05) is 12.1 Å². The molecule has 1 aromatic rings. The predicted molar refractivity (Wildman–Crippen MR) is 98.4 cm³/mol. The van der Waals surface area contributed by atoms with Crippen LogP contribution in [0.2, 0.25) is 0 Å². The number of hydrogen-bond acceptors (Lipinski definition) is 3. The fourth-order valence-corrected chi connectivity index (χ4v) is 3.51. The van der Waals surface area contributed by atoms with Crippen molar-refractivity contribution in [2.45, 2.75) is 38.3 Å². The third kappa shape index (κ3) is 5.41. The third-order valence-electron chi connectivity index (χ3n) is 4.88. The Labute approximate surface area is 149 Å². The number of ether oxygens (including phenoxy) is 1. The van der Waals surface area contributed by atoms with Crippen LogP contribution in [0.1, 0.15) is 25.3 Å². The molecule has 0 saturated carbocycles. The summed E-state index contributed by atoms with van der Waals surface area (Å²) in [6.45, 7) is 7.35. The highest BCUT2D eigenvalue weighted by Gasteiger charge is 2.31.